The van der Waals surface area contributed by atoms with Crippen molar-refractivity contribution in [3.63, 3.8) is 0 Å². The minimum absolute atomic E-state index is 0.00944. The molecule has 45 heteroatoms. The number of H-pyrrole nitrogens is 3. The number of carbonyl (C=O) groups is 7. The van der Waals surface area contributed by atoms with Crippen LogP contribution in [0.5, 0.6) is 0 Å². The Bertz CT molecular complexity index is 4650. The lowest BCUT2D eigenvalue weighted by molar-refractivity contribution is -0.142. The first-order valence-electron chi connectivity index (χ1n) is 42.2. The number of aliphatic hydroxyl groups excluding tert-OH is 2. The highest BCUT2D eigenvalue weighted by atomic mass is 127. The number of hydrogen-bond donors (Lipinski definition) is 11. The molecular formula is C84H144I2N10O29Si4. The van der Waals surface area contributed by atoms with Crippen molar-refractivity contribution < 1.29 is 110 Å². The monoisotopic (exact) mass is 2120 g/mol. The number of hydrogen-bond acceptors (Lipinski definition) is 28. The molecule has 3 fully saturated rings. The fourth-order valence-corrected chi connectivity index (χ4v) is 15.6. The fourth-order valence-electron chi connectivity index (χ4n) is 9.99. The molecule has 12 N–H and O–H groups in total. The number of nitrogens with two attached hydrogens (primary N) is 1. The summed E-state index contributed by atoms with van der Waals surface area (Å²) in [6, 6.07) is 0. The van der Waals surface area contributed by atoms with E-state index >= 15 is 0 Å². The van der Waals surface area contributed by atoms with E-state index in [4.69, 9.17) is 78.3 Å². The van der Waals surface area contributed by atoms with Crippen LogP contribution in [0.1, 0.15) is 215 Å². The van der Waals surface area contributed by atoms with Crippen molar-refractivity contribution >= 4 is 121 Å². The molecule has 3 aromatic rings. The lowest BCUT2D eigenvalue weighted by Gasteiger charge is -2.40. The van der Waals surface area contributed by atoms with E-state index in [-0.39, 0.29) is 128 Å². The highest BCUT2D eigenvalue weighted by Crippen LogP contribution is 2.45. The summed E-state index contributed by atoms with van der Waals surface area (Å²) in [4.78, 5) is 156. The molecule has 0 aliphatic carbocycles. The average Bonchev–Trinajstić information content (AvgIpc) is 1.66. The third-order valence-corrected chi connectivity index (χ3v) is 40.6. The number of rotatable bonds is 27. The van der Waals surface area contributed by atoms with Crippen LogP contribution >= 0.6 is 45.2 Å². The van der Waals surface area contributed by atoms with Crippen LogP contribution < -0.4 is 55.4 Å². The van der Waals surface area contributed by atoms with E-state index in [1.54, 1.807) is 91.1 Å². The summed E-state index contributed by atoms with van der Waals surface area (Å²) in [5, 5.41) is 42.0. The number of esters is 2. The van der Waals surface area contributed by atoms with Gasteiger partial charge in [0.15, 0.2) is 46.5 Å². The largest absolute Gasteiger partial charge is 0.481 e. The van der Waals surface area contributed by atoms with E-state index in [0.29, 0.717) is 33.2 Å². The zero-order valence-corrected chi connectivity index (χ0v) is 88.8. The molecule has 3 saturated heterocycles. The maximum atomic E-state index is 12.9. The number of nitrogens with one attached hydrogen (secondary N) is 6. The first kappa shape index (κ1) is 120. The average molecular weight is 2120 g/mol. The van der Waals surface area contributed by atoms with Gasteiger partial charge in [0.1, 0.15) is 59.4 Å². The first-order chi connectivity index (χ1) is 58.6. The summed E-state index contributed by atoms with van der Waals surface area (Å²) >= 11 is 3.73. The lowest BCUT2D eigenvalue weighted by atomic mass is 10.2. The van der Waals surface area contributed by atoms with Gasteiger partial charge in [-0.25, -0.2) is 28.8 Å². The number of nitrogens with zero attached hydrogens (tertiary/aromatic N) is 3. The molecule has 734 valence electrons. The lowest BCUT2D eigenvalue weighted by Crippen LogP contribution is -2.48. The summed E-state index contributed by atoms with van der Waals surface area (Å²) in [6.07, 6.45) is 3.97. The Morgan fingerprint density at radius 3 is 1.11 bits per heavy atom. The molecule has 3 aromatic heterocycles. The number of carboxylic acid groups (broad SMARTS) is 2. The molecule has 39 nitrogen and oxygen atoms in total. The highest BCUT2D eigenvalue weighted by Gasteiger charge is 2.50. The minimum Gasteiger partial charge on any atom is -0.481 e. The smallest absolute Gasteiger partial charge is 0.407 e. The van der Waals surface area contributed by atoms with E-state index in [1.807, 2.05) is 22.6 Å². The Kier molecular flexibility index (Phi) is 48.2. The zero-order chi connectivity index (χ0) is 100.0. The number of terminal acetylenes is 1. The summed E-state index contributed by atoms with van der Waals surface area (Å²) in [6.45, 7) is 60.2. The van der Waals surface area contributed by atoms with Crippen molar-refractivity contribution in [1.82, 2.24) is 44.6 Å². The van der Waals surface area contributed by atoms with Gasteiger partial charge in [-0.15, -0.1) is 6.42 Å². The van der Waals surface area contributed by atoms with Crippen LogP contribution in [-0.4, -0.2) is 237 Å². The van der Waals surface area contributed by atoms with Gasteiger partial charge in [-0.1, -0.05) is 101 Å². The number of aliphatic carboxylic acids is 2. The van der Waals surface area contributed by atoms with Gasteiger partial charge in [-0.3, -0.25) is 62.2 Å². The van der Waals surface area contributed by atoms with Crippen LogP contribution in [-0.2, 0) is 74.8 Å². The van der Waals surface area contributed by atoms with Gasteiger partial charge < -0.3 is 97.7 Å². The molecule has 3 aliphatic heterocycles. The van der Waals surface area contributed by atoms with Crippen molar-refractivity contribution in [2.24, 2.45) is 5.73 Å². The molecular weight excluding hydrogens is 1980 g/mol. The van der Waals surface area contributed by atoms with Crippen LogP contribution in [0.2, 0.25) is 72.5 Å². The molecule has 6 heterocycles. The predicted octanol–water partition coefficient (Wildman–Crippen LogP) is 10.2. The van der Waals surface area contributed by atoms with Gasteiger partial charge in [-0.05, 0) is 180 Å². The third kappa shape index (κ3) is 44.5. The van der Waals surface area contributed by atoms with Crippen molar-refractivity contribution in [3.05, 3.63) is 93.8 Å². The highest BCUT2D eigenvalue weighted by molar-refractivity contribution is 14.1. The summed E-state index contributed by atoms with van der Waals surface area (Å²) in [5.41, 5.74) is -0.0510. The molecule has 6 rings (SSSR count). The van der Waals surface area contributed by atoms with E-state index in [0.717, 1.165) is 0 Å². The molecule has 129 heavy (non-hydrogen) atoms. The van der Waals surface area contributed by atoms with E-state index < -0.39 is 157 Å². The Morgan fingerprint density at radius 1 is 0.488 bits per heavy atom. The maximum Gasteiger partial charge on any atom is 0.407 e. The number of halogens is 2. The van der Waals surface area contributed by atoms with Crippen molar-refractivity contribution in [3.8, 4) is 24.2 Å². The van der Waals surface area contributed by atoms with Gasteiger partial charge in [0.25, 0.3) is 16.7 Å². The molecule has 0 spiro atoms. The number of aliphatic hydroxyl groups is 2. The summed E-state index contributed by atoms with van der Waals surface area (Å²) < 4.78 is 74.1. The topological polar surface area (TPSA) is 538 Å². The van der Waals surface area contributed by atoms with E-state index in [9.17, 15) is 67.4 Å². The number of aromatic amines is 3. The van der Waals surface area contributed by atoms with Crippen molar-refractivity contribution in [1.29, 1.82) is 0 Å². The van der Waals surface area contributed by atoms with Crippen LogP contribution in [0.3, 0.4) is 0 Å². The van der Waals surface area contributed by atoms with Gasteiger partial charge >= 0.3 is 59.2 Å². The minimum atomic E-state index is -2.20. The molecule has 0 saturated carbocycles. The predicted molar refractivity (Wildman–Crippen MR) is 512 cm³/mol. The molecule has 0 radical (unpaired) electrons. The van der Waals surface area contributed by atoms with Crippen molar-refractivity contribution in [2.45, 2.75) is 335 Å². The molecule has 0 bridgehead atoms. The van der Waals surface area contributed by atoms with Gasteiger partial charge in [-0.2, -0.15) is 0 Å². The Labute approximate surface area is 787 Å². The molecule has 0 aromatic carbocycles. The first-order valence-corrected chi connectivity index (χ1v) is 56.0. The van der Waals surface area contributed by atoms with Crippen LogP contribution in [0.15, 0.2) is 47.4 Å². The molecule has 9 unspecified atom stereocenters. The van der Waals surface area contributed by atoms with E-state index in [2.05, 4.69) is 189 Å². The summed E-state index contributed by atoms with van der Waals surface area (Å²) in [5.74, 6) is 4.68. The number of alkyl carbamates (subject to hydrolysis) is 3. The van der Waals surface area contributed by atoms with Crippen LogP contribution in [0, 0.1) is 31.3 Å². The van der Waals surface area contributed by atoms with Gasteiger partial charge in [0, 0.05) is 64.0 Å². The third-order valence-electron chi connectivity index (χ3n) is 21.0. The molecule has 3 aliphatic rings. The summed E-state index contributed by atoms with van der Waals surface area (Å²) in [7, 11) is -8.32. The molecule has 3 amide bonds. The normalized spacial score (nSPS) is 19.0. The second-order valence-electron chi connectivity index (χ2n) is 39.5. The standard InChI is InChI=1S/C32H55N3O9Si2.C21H39IN2O5Si2.C11H17NO4.C9H11IN2O5.C8H15NO4.C3H7NO2/c1-30(2,3)43-29(39)33-17-16-26(36)40-18-14-15-22-20-35(28(38)34-27(22)37)25-19-23(44-46(12,13)32(7,8)9)24(42-25)21-41-45(10,11)31(4,5)6;1-20(2,3)30(7,8)27-13-16-15(29-31(9,10)21(4,5)6)11-17(28-16)24-12-14(22)18(25)23-19(24)26;1-5-8-15-9(13)6-7-12-10(14)16-11(2,3)4;10-4-2-12(9(16)11-8(4)15)7-1-5(14)6(3-13)17-7;1-8(2,3)13-7(12)9-5-4-6(10)11;4-2-1-3(5)6/h20,23-25H,16-19,21H2,1-13H3,(H,33,39)(H,34,37,38);12,15-17H,11,13H2,1-10H3,(H,23,25,26);1H,6-8H2,2-4H3,(H,12,14);2,5-7,13-14H,1,3H2,(H,11,15,16);4-5H2,1-3H3,(H,9,12)(H,10,11);1-2,4H2,(H,5,6). The number of aromatic nitrogens is 6. The zero-order valence-electron chi connectivity index (χ0n) is 80.5. The van der Waals surface area contributed by atoms with Gasteiger partial charge in [0.05, 0.1) is 71.0 Å². The molecule has 9 atom stereocenters. The second-order valence-corrected chi connectivity index (χ2v) is 61.0. The number of ether oxygens (including phenoxy) is 8. The fraction of sp³-hybridized carbons (Fsp3) is 0.726. The number of carboxylic acids is 2. The Morgan fingerprint density at radius 2 is 0.806 bits per heavy atom. The quantitative estimate of drug-likeness (QED) is 0.0111. The second kappa shape index (κ2) is 51.9. The van der Waals surface area contributed by atoms with E-state index in [1.165, 1.54) is 26.1 Å². The maximum absolute atomic E-state index is 12.9. The van der Waals surface area contributed by atoms with Crippen LogP contribution in [0.4, 0.5) is 14.4 Å². The number of carbonyl (C=O) groups excluding carboxylic acids is 5. The Balaban J connectivity index is 0.000000858. The SMILES string of the molecule is C#CCOC(=O)CCNC(=O)OC(C)(C)C.CC(C)(C)OC(=O)NCCC(=O)O.CC(C)(C)OC(=O)NCCC(=O)OCC#Cc1cn(C2CC(O[Si](C)(C)C(C)(C)C)C(CO[Si](C)(C)C(C)(C)C)O2)c(=O)[nH]c1=O.CC(C)(C)[Si](C)(C)OCC1OC(n2cc(I)c(=O)[nH]c2=O)CC1O[Si](C)(C)C(C)(C)C.NCCC(=O)O.O=c1[nH]c(=O)n(C2CC(O)C(CO)O2)cc1I. The van der Waals surface area contributed by atoms with Crippen LogP contribution in [0.25, 0.3) is 0 Å². The van der Waals surface area contributed by atoms with Crippen molar-refractivity contribution in [2.75, 3.05) is 59.2 Å². The Hall–Kier alpha value is -7.22. The van der Waals surface area contributed by atoms with Gasteiger partial charge in [0.2, 0.25) is 0 Å². The number of amides is 3.